The molecule has 0 saturated carbocycles. The highest BCUT2D eigenvalue weighted by Crippen LogP contribution is 2.45. The molecule has 0 radical (unpaired) electrons. The molecule has 3 N–H and O–H groups in total. The van der Waals surface area contributed by atoms with Crippen LogP contribution in [0.5, 0.6) is 6.01 Å². The van der Waals surface area contributed by atoms with E-state index in [1.54, 1.807) is 18.2 Å². The van der Waals surface area contributed by atoms with Gasteiger partial charge in [-0.15, -0.1) is 11.3 Å². The number of halogens is 3. The number of nitriles is 1. The second kappa shape index (κ2) is 10.1. The largest absolute Gasteiger partial charge is 0.461 e. The van der Waals surface area contributed by atoms with E-state index in [1.807, 2.05) is 6.07 Å². The number of nitrogens with two attached hydrogens (primary N) is 1. The van der Waals surface area contributed by atoms with Gasteiger partial charge in [-0.3, -0.25) is 4.90 Å². The molecule has 12 heteroatoms. The zero-order valence-corrected chi connectivity index (χ0v) is 24.9. The number of thiophene rings is 1. The first-order valence-corrected chi connectivity index (χ1v) is 16.0. The first-order chi connectivity index (χ1) is 20.8. The molecule has 4 saturated heterocycles. The molecule has 0 unspecified atom stereocenters. The van der Waals surface area contributed by atoms with Gasteiger partial charge in [0.15, 0.2) is 5.82 Å². The number of anilines is 2. The van der Waals surface area contributed by atoms with Crippen LogP contribution in [-0.4, -0.2) is 71.4 Å². The van der Waals surface area contributed by atoms with Crippen LogP contribution in [0.3, 0.4) is 0 Å². The van der Waals surface area contributed by atoms with Gasteiger partial charge in [-0.25, -0.2) is 8.78 Å². The summed E-state index contributed by atoms with van der Waals surface area (Å²) < 4.78 is 38.3. The van der Waals surface area contributed by atoms with Crippen molar-refractivity contribution in [3.63, 3.8) is 0 Å². The van der Waals surface area contributed by atoms with Crippen LogP contribution in [-0.2, 0) is 0 Å². The molecule has 0 amide bonds. The highest BCUT2D eigenvalue weighted by atomic mass is 35.5. The fourth-order valence-electron chi connectivity index (χ4n) is 7.82. The van der Waals surface area contributed by atoms with Crippen molar-refractivity contribution in [1.82, 2.24) is 20.2 Å². The van der Waals surface area contributed by atoms with Gasteiger partial charge in [-0.1, -0.05) is 23.7 Å². The number of benzene rings is 2. The Balaban J connectivity index is 1.28. The van der Waals surface area contributed by atoms with Crippen LogP contribution in [0.15, 0.2) is 24.3 Å². The summed E-state index contributed by atoms with van der Waals surface area (Å²) in [5.74, 6) is -0.0300. The molecule has 4 aromatic rings. The summed E-state index contributed by atoms with van der Waals surface area (Å²) in [5.41, 5.74) is 6.80. The standard InChI is InChI=1S/C31H30ClF2N7OS/c32-22-9-20-27(26(34)25(22)19-3-1-4-23-24(19)21(11-35)28(36)43-23)38-30(39-29(20)40-13-17-5-6-18(14-40)37-17)42-15-31-7-2-8-41(31)12-16(33)10-31/h1,3-4,9,16-18,37H,2,5-8,10,12-15,36H2/t16-,17-,18+,31+/m1/s1. The van der Waals surface area contributed by atoms with Crippen molar-refractivity contribution in [2.45, 2.75) is 55.9 Å². The molecular weight excluding hydrogens is 592 g/mol. The second-order valence-corrected chi connectivity index (χ2v) is 13.8. The number of alkyl halides is 1. The zero-order chi connectivity index (χ0) is 29.5. The van der Waals surface area contributed by atoms with E-state index in [2.05, 4.69) is 26.2 Å². The lowest BCUT2D eigenvalue weighted by atomic mass is 9.95. The average molecular weight is 622 g/mol. The monoisotopic (exact) mass is 621 g/mol. The minimum absolute atomic E-state index is 0.0692. The van der Waals surface area contributed by atoms with E-state index in [9.17, 15) is 9.65 Å². The molecular formula is C31H30ClF2N7OS. The molecule has 6 heterocycles. The smallest absolute Gasteiger partial charge is 0.319 e. The third-order valence-corrected chi connectivity index (χ3v) is 11.0. The molecule has 2 aromatic heterocycles. The van der Waals surface area contributed by atoms with Gasteiger partial charge >= 0.3 is 6.01 Å². The third kappa shape index (κ3) is 4.33. The number of nitrogens with zero attached hydrogens (tertiary/aromatic N) is 5. The van der Waals surface area contributed by atoms with Crippen molar-refractivity contribution in [3.05, 3.63) is 40.7 Å². The normalized spacial score (nSPS) is 26.8. The number of rotatable bonds is 5. The maximum atomic E-state index is 16.9. The van der Waals surface area contributed by atoms with Gasteiger partial charge in [-0.05, 0) is 49.9 Å². The summed E-state index contributed by atoms with van der Waals surface area (Å²) in [5, 5.41) is 15.1. The number of piperazine rings is 1. The molecule has 4 fully saturated rings. The van der Waals surface area contributed by atoms with Crippen LogP contribution in [0.4, 0.5) is 19.6 Å². The fraction of sp³-hybridized carbons (Fsp3) is 0.452. The van der Waals surface area contributed by atoms with Crippen molar-refractivity contribution in [2.24, 2.45) is 0 Å². The highest BCUT2D eigenvalue weighted by molar-refractivity contribution is 7.23. The maximum Gasteiger partial charge on any atom is 0.319 e. The zero-order valence-electron chi connectivity index (χ0n) is 23.4. The second-order valence-electron chi connectivity index (χ2n) is 12.3. The minimum atomic E-state index is -0.886. The Kier molecular flexibility index (Phi) is 6.42. The summed E-state index contributed by atoms with van der Waals surface area (Å²) in [7, 11) is 0. The third-order valence-electron chi connectivity index (χ3n) is 9.71. The van der Waals surface area contributed by atoms with Crippen LogP contribution >= 0.6 is 22.9 Å². The molecule has 2 aromatic carbocycles. The molecule has 4 aliphatic rings. The number of hydrogen-bond acceptors (Lipinski definition) is 9. The van der Waals surface area contributed by atoms with Gasteiger partial charge in [0.25, 0.3) is 0 Å². The summed E-state index contributed by atoms with van der Waals surface area (Å²) in [6, 6.07) is 10.0. The molecule has 43 heavy (non-hydrogen) atoms. The molecule has 4 aliphatic heterocycles. The van der Waals surface area contributed by atoms with E-state index in [-0.39, 0.29) is 28.7 Å². The topological polar surface area (TPSA) is 103 Å². The van der Waals surface area contributed by atoms with E-state index in [1.165, 1.54) is 11.3 Å². The van der Waals surface area contributed by atoms with Crippen LogP contribution in [0, 0.1) is 17.1 Å². The van der Waals surface area contributed by atoms with Gasteiger partial charge < -0.3 is 20.7 Å². The van der Waals surface area contributed by atoms with E-state index in [0.717, 1.165) is 50.0 Å². The molecule has 0 aliphatic carbocycles. The fourth-order valence-corrected chi connectivity index (χ4v) is 9.06. The van der Waals surface area contributed by atoms with Crippen LogP contribution in [0.25, 0.3) is 32.1 Å². The number of hydrogen-bond donors (Lipinski definition) is 2. The first-order valence-electron chi connectivity index (χ1n) is 14.8. The quantitative estimate of drug-likeness (QED) is 0.295. The lowest BCUT2D eigenvalue weighted by molar-refractivity contribution is 0.107. The minimum Gasteiger partial charge on any atom is -0.461 e. The van der Waals surface area contributed by atoms with Crippen LogP contribution in [0.1, 0.15) is 37.7 Å². The number of nitrogen functional groups attached to an aromatic ring is 1. The van der Waals surface area contributed by atoms with Crippen LogP contribution in [0.2, 0.25) is 5.02 Å². The Morgan fingerprint density at radius 3 is 2.84 bits per heavy atom. The van der Waals surface area contributed by atoms with Crippen LogP contribution < -0.4 is 20.7 Å². The van der Waals surface area contributed by atoms with E-state index >= 15 is 4.39 Å². The predicted molar refractivity (Wildman–Crippen MR) is 165 cm³/mol. The first kappa shape index (κ1) is 27.3. The number of fused-ring (bicyclic) bond motifs is 5. The molecule has 8 nitrogen and oxygen atoms in total. The van der Waals surface area contributed by atoms with Crippen molar-refractivity contribution in [2.75, 3.05) is 43.4 Å². The van der Waals surface area contributed by atoms with E-state index < -0.39 is 17.5 Å². The van der Waals surface area contributed by atoms with Gasteiger partial charge in [0.2, 0.25) is 0 Å². The Morgan fingerprint density at radius 2 is 2.05 bits per heavy atom. The summed E-state index contributed by atoms with van der Waals surface area (Å²) >= 11 is 8.16. The Labute approximate surface area is 256 Å². The lowest BCUT2D eigenvalue weighted by Gasteiger charge is -2.34. The van der Waals surface area contributed by atoms with Gasteiger partial charge in [0.1, 0.15) is 35.2 Å². The van der Waals surface area contributed by atoms with E-state index in [0.29, 0.717) is 57.8 Å². The summed E-state index contributed by atoms with van der Waals surface area (Å²) in [4.78, 5) is 13.8. The molecule has 4 atom stereocenters. The Bertz CT molecular complexity index is 1820. The lowest BCUT2D eigenvalue weighted by Crippen LogP contribution is -2.51. The SMILES string of the molecule is N#Cc1c(N)sc2cccc(-c3c(Cl)cc4c(N5C[C@H]6CC[C@@H](C5)N6)nc(OC[C@@]56CCCN5C[C@H](F)C6)nc4c3F)c12. The number of ether oxygens (including phenoxy) is 1. The molecule has 2 bridgehead atoms. The van der Waals surface area contributed by atoms with Gasteiger partial charge in [0.05, 0.1) is 16.1 Å². The van der Waals surface area contributed by atoms with Crippen molar-refractivity contribution >= 4 is 54.7 Å². The highest BCUT2D eigenvalue weighted by Gasteiger charge is 2.49. The average Bonchev–Trinajstić information content (AvgIpc) is 3.71. The maximum absolute atomic E-state index is 16.9. The van der Waals surface area contributed by atoms with Crippen molar-refractivity contribution in [1.29, 1.82) is 5.26 Å². The van der Waals surface area contributed by atoms with Gasteiger partial charge in [-0.2, -0.15) is 15.2 Å². The Hall–Kier alpha value is -3.30. The Morgan fingerprint density at radius 1 is 1.23 bits per heavy atom. The van der Waals surface area contributed by atoms with Crippen molar-refractivity contribution < 1.29 is 13.5 Å². The summed E-state index contributed by atoms with van der Waals surface area (Å²) in [6.45, 7) is 2.95. The number of nitrogens with one attached hydrogen (secondary N) is 1. The molecule has 0 spiro atoms. The van der Waals surface area contributed by atoms with Crippen molar-refractivity contribution in [3.8, 4) is 23.2 Å². The molecule has 8 rings (SSSR count). The predicted octanol–water partition coefficient (Wildman–Crippen LogP) is 5.65. The number of aromatic nitrogens is 2. The molecule has 222 valence electrons. The van der Waals surface area contributed by atoms with Gasteiger partial charge in [0, 0.05) is 59.2 Å². The summed E-state index contributed by atoms with van der Waals surface area (Å²) in [6.07, 6.45) is 3.51. The van der Waals surface area contributed by atoms with E-state index in [4.69, 9.17) is 27.1 Å².